The van der Waals surface area contributed by atoms with Gasteiger partial charge in [0.2, 0.25) is 6.54 Å². The van der Waals surface area contributed by atoms with Crippen molar-refractivity contribution in [3.63, 3.8) is 0 Å². The molecule has 0 aliphatic heterocycles. The molecule has 1 atom stereocenters. The highest BCUT2D eigenvalue weighted by Crippen LogP contribution is 2.36. The summed E-state index contributed by atoms with van der Waals surface area (Å²) in [6.07, 6.45) is 0. The maximum atomic E-state index is 11.5. The molecule has 174 valence electrons. The van der Waals surface area contributed by atoms with Crippen LogP contribution in [0.4, 0.5) is 0 Å². The van der Waals surface area contributed by atoms with E-state index in [4.69, 9.17) is 4.74 Å². The van der Waals surface area contributed by atoms with Gasteiger partial charge in [-0.1, -0.05) is 65.9 Å². The van der Waals surface area contributed by atoms with E-state index in [-0.39, 0.29) is 11.5 Å². The number of benzene rings is 3. The van der Waals surface area contributed by atoms with Crippen molar-refractivity contribution in [1.29, 1.82) is 0 Å². The lowest BCUT2D eigenvalue weighted by Gasteiger charge is -2.15. The minimum Gasteiger partial charge on any atom is -0.489 e. The van der Waals surface area contributed by atoms with Crippen molar-refractivity contribution in [3.05, 3.63) is 111 Å². The van der Waals surface area contributed by atoms with Gasteiger partial charge in [0.05, 0.1) is 0 Å². The molecule has 0 saturated heterocycles. The minimum absolute atomic E-state index is 0.228. The van der Waals surface area contributed by atoms with Crippen LogP contribution in [0, 0.1) is 30.9 Å². The fourth-order valence-electron chi connectivity index (χ4n) is 3.59. The van der Waals surface area contributed by atoms with Gasteiger partial charge in [-0.2, -0.15) is 0 Å². The zero-order valence-electron chi connectivity index (χ0n) is 19.3. The van der Waals surface area contributed by atoms with Crippen LogP contribution >= 0.6 is 11.8 Å². The number of aryl methyl sites for hydroxylation is 3. The van der Waals surface area contributed by atoms with Gasteiger partial charge < -0.3 is 4.74 Å². The van der Waals surface area contributed by atoms with Gasteiger partial charge in [-0.05, 0) is 61.7 Å². The average Bonchev–Trinajstić information content (AvgIpc) is 3.18. The van der Waals surface area contributed by atoms with Crippen LogP contribution in [0.25, 0.3) is 5.69 Å². The van der Waals surface area contributed by atoms with Crippen molar-refractivity contribution in [2.24, 2.45) is 0 Å². The molecular weight excluding hydrogens is 448 g/mol. The molecule has 34 heavy (non-hydrogen) atoms. The number of rotatable bonds is 9. The van der Waals surface area contributed by atoms with E-state index in [1.165, 1.54) is 17.3 Å². The van der Waals surface area contributed by atoms with Crippen LogP contribution in [0.5, 0.6) is 5.75 Å². The smallest absolute Gasteiger partial charge is 0.220 e. The zero-order chi connectivity index (χ0) is 24.1. The summed E-state index contributed by atoms with van der Waals surface area (Å²) in [5.74, 6) is 1.45. The van der Waals surface area contributed by atoms with Crippen molar-refractivity contribution in [2.75, 3.05) is 6.54 Å². The molecule has 0 saturated carbocycles. The maximum Gasteiger partial charge on any atom is 0.220 e. The molecule has 0 spiro atoms. The second-order valence-corrected chi connectivity index (χ2v) is 9.34. The molecule has 7 nitrogen and oxygen atoms in total. The highest BCUT2D eigenvalue weighted by atomic mass is 32.2. The van der Waals surface area contributed by atoms with Gasteiger partial charge in [-0.25, -0.2) is 0 Å². The number of thioether (sulfide) groups is 1. The van der Waals surface area contributed by atoms with Crippen LogP contribution in [0.1, 0.15) is 33.3 Å². The summed E-state index contributed by atoms with van der Waals surface area (Å²) in [4.78, 5) is 11.2. The molecular formula is C26H26N4O3S. The Morgan fingerprint density at radius 3 is 2.38 bits per heavy atom. The number of hydrogen-bond donors (Lipinski definition) is 0. The molecule has 1 aromatic heterocycles. The third-order valence-electron chi connectivity index (χ3n) is 5.40. The Bertz CT molecular complexity index is 1270. The summed E-state index contributed by atoms with van der Waals surface area (Å²) in [6.45, 7) is 6.18. The molecule has 8 heteroatoms. The highest BCUT2D eigenvalue weighted by molar-refractivity contribution is 7.99. The van der Waals surface area contributed by atoms with E-state index in [0.29, 0.717) is 17.5 Å². The molecule has 0 unspecified atom stereocenters. The fourth-order valence-corrected chi connectivity index (χ4v) is 4.76. The summed E-state index contributed by atoms with van der Waals surface area (Å²) in [5.41, 5.74) is 5.17. The largest absolute Gasteiger partial charge is 0.489 e. The van der Waals surface area contributed by atoms with Gasteiger partial charge in [0.25, 0.3) is 0 Å². The molecule has 1 heterocycles. The van der Waals surface area contributed by atoms with Crippen LogP contribution in [0.2, 0.25) is 0 Å². The summed E-state index contributed by atoms with van der Waals surface area (Å²) in [5, 5.41) is 20.2. The molecule has 4 rings (SSSR count). The molecule has 4 aromatic rings. The lowest BCUT2D eigenvalue weighted by molar-refractivity contribution is -0.479. The van der Waals surface area contributed by atoms with Gasteiger partial charge in [-0.3, -0.25) is 14.7 Å². The van der Waals surface area contributed by atoms with Crippen LogP contribution in [0.15, 0.2) is 78.0 Å². The van der Waals surface area contributed by atoms with Crippen molar-refractivity contribution >= 4 is 11.8 Å². The normalized spacial score (nSPS) is 11.9. The van der Waals surface area contributed by atoms with Crippen molar-refractivity contribution < 1.29 is 9.66 Å². The topological polar surface area (TPSA) is 83.1 Å². The first-order valence-corrected chi connectivity index (χ1v) is 11.8. The molecule has 0 aliphatic rings. The first-order valence-electron chi connectivity index (χ1n) is 10.9. The minimum atomic E-state index is -0.423. The first kappa shape index (κ1) is 23.5. The average molecular weight is 475 g/mol. The molecule has 0 amide bonds. The van der Waals surface area contributed by atoms with Crippen LogP contribution in [-0.4, -0.2) is 26.2 Å². The zero-order valence-corrected chi connectivity index (χ0v) is 20.2. The lowest BCUT2D eigenvalue weighted by Crippen LogP contribution is -2.11. The Morgan fingerprint density at radius 2 is 1.71 bits per heavy atom. The Balaban J connectivity index is 1.53. The lowest BCUT2D eigenvalue weighted by atomic mass is 10.1. The number of aromatic nitrogens is 3. The van der Waals surface area contributed by atoms with Crippen LogP contribution in [-0.2, 0) is 6.61 Å². The number of nitrogens with zero attached hydrogens (tertiary/aromatic N) is 4. The van der Waals surface area contributed by atoms with Gasteiger partial charge in [0.1, 0.15) is 23.4 Å². The van der Waals surface area contributed by atoms with Crippen molar-refractivity contribution in [3.8, 4) is 11.4 Å². The number of hydrogen-bond acceptors (Lipinski definition) is 6. The quantitative estimate of drug-likeness (QED) is 0.171. The van der Waals surface area contributed by atoms with Crippen molar-refractivity contribution in [1.82, 2.24) is 14.8 Å². The Hall–Kier alpha value is -3.65. The second-order valence-electron chi connectivity index (χ2n) is 8.17. The summed E-state index contributed by atoms with van der Waals surface area (Å²) >= 11 is 1.34. The highest BCUT2D eigenvalue weighted by Gasteiger charge is 2.24. The third-order valence-corrected chi connectivity index (χ3v) is 6.58. The Labute approximate surface area is 203 Å². The predicted molar refractivity (Wildman–Crippen MR) is 133 cm³/mol. The van der Waals surface area contributed by atoms with Gasteiger partial charge in [-0.15, -0.1) is 10.2 Å². The van der Waals surface area contributed by atoms with Gasteiger partial charge in [0, 0.05) is 10.6 Å². The van der Waals surface area contributed by atoms with E-state index >= 15 is 0 Å². The summed E-state index contributed by atoms with van der Waals surface area (Å²) in [7, 11) is 0. The Kier molecular flexibility index (Phi) is 7.27. The van der Waals surface area contributed by atoms with Crippen LogP contribution in [0.3, 0.4) is 0 Å². The maximum absolute atomic E-state index is 11.5. The fraction of sp³-hybridized carbons (Fsp3) is 0.231. The third kappa shape index (κ3) is 5.82. The predicted octanol–water partition coefficient (Wildman–Crippen LogP) is 5.88. The number of nitro groups is 1. The van der Waals surface area contributed by atoms with E-state index in [1.54, 1.807) is 0 Å². The molecule has 0 aliphatic carbocycles. The second kappa shape index (κ2) is 10.5. The molecule has 0 bridgehead atoms. The summed E-state index contributed by atoms with van der Waals surface area (Å²) < 4.78 is 7.82. The van der Waals surface area contributed by atoms with E-state index < -0.39 is 5.25 Å². The SMILES string of the molecule is Cc1ccc(COc2ccc([C@@H](C[N+](=O)[O-])Sc3nnc(C)n3-c3cccc(C)c3)cc2)cc1. The van der Waals surface area contributed by atoms with Gasteiger partial charge >= 0.3 is 0 Å². The molecule has 0 fully saturated rings. The monoisotopic (exact) mass is 474 g/mol. The first-order chi connectivity index (χ1) is 16.4. The molecule has 0 radical (unpaired) electrons. The van der Waals surface area contributed by atoms with E-state index in [9.17, 15) is 10.1 Å². The molecule has 0 N–H and O–H groups in total. The van der Waals surface area contributed by atoms with Crippen molar-refractivity contribution in [2.45, 2.75) is 37.8 Å². The standard InChI is InChI=1S/C26H26N4O3S/c1-18-7-9-21(10-8-18)17-33-24-13-11-22(12-14-24)25(16-29(31)32)34-26-28-27-20(3)30(26)23-6-4-5-19(2)15-23/h4-15,25H,16-17H2,1-3H3/t25-/m1/s1. The van der Waals surface area contributed by atoms with E-state index in [1.807, 2.05) is 86.0 Å². The van der Waals surface area contributed by atoms with E-state index in [2.05, 4.69) is 22.3 Å². The van der Waals surface area contributed by atoms with E-state index in [0.717, 1.165) is 28.2 Å². The van der Waals surface area contributed by atoms with Gasteiger partial charge in [0.15, 0.2) is 5.16 Å². The van der Waals surface area contributed by atoms with Crippen LogP contribution < -0.4 is 4.74 Å². The number of ether oxygens (including phenoxy) is 1. The summed E-state index contributed by atoms with van der Waals surface area (Å²) in [6, 6.07) is 23.7. The Morgan fingerprint density at radius 1 is 0.971 bits per heavy atom. The molecule has 3 aromatic carbocycles.